The van der Waals surface area contributed by atoms with E-state index in [-0.39, 0.29) is 23.3 Å². The van der Waals surface area contributed by atoms with Gasteiger partial charge in [-0.15, -0.1) is 0 Å². The van der Waals surface area contributed by atoms with Gasteiger partial charge < -0.3 is 9.05 Å². The summed E-state index contributed by atoms with van der Waals surface area (Å²) >= 11 is 0. The highest BCUT2D eigenvalue weighted by atomic mass is 31.2. The third-order valence-electron chi connectivity index (χ3n) is 3.10. The Bertz CT molecular complexity index is 280. The Hall–Kier alpha value is -0.180. The SMILES string of the molecule is COP(=O)(OC)[C@@H]1[C@H]2CCC(=O)[C@H]21. The Labute approximate surface area is 77.1 Å². The fourth-order valence-corrected chi connectivity index (χ4v) is 4.48. The van der Waals surface area contributed by atoms with Crippen LogP contribution in [-0.4, -0.2) is 25.7 Å². The fraction of sp³-hybridized carbons (Fsp3) is 0.875. The van der Waals surface area contributed by atoms with Gasteiger partial charge >= 0.3 is 7.60 Å². The van der Waals surface area contributed by atoms with E-state index in [4.69, 9.17) is 9.05 Å². The topological polar surface area (TPSA) is 52.6 Å². The van der Waals surface area contributed by atoms with Crippen LogP contribution >= 0.6 is 7.60 Å². The predicted octanol–water partition coefficient (Wildman–Crippen LogP) is 1.45. The molecule has 0 aromatic carbocycles. The molecule has 5 heteroatoms. The van der Waals surface area contributed by atoms with Crippen molar-refractivity contribution >= 4 is 13.4 Å². The standard InChI is InChI=1S/C8H13O4P/c1-11-13(10,12-2)8-5-3-4-6(9)7(5)8/h5,7-8H,3-4H2,1-2H3/t5-,7-,8+/m0/s1. The smallest absolute Gasteiger partial charge is 0.312 e. The minimum atomic E-state index is -2.98. The first kappa shape index (κ1) is 9.38. The zero-order valence-electron chi connectivity index (χ0n) is 7.73. The first-order chi connectivity index (χ1) is 6.14. The highest BCUT2D eigenvalue weighted by Gasteiger charge is 2.66. The van der Waals surface area contributed by atoms with Crippen molar-refractivity contribution in [3.63, 3.8) is 0 Å². The lowest BCUT2D eigenvalue weighted by molar-refractivity contribution is -0.119. The van der Waals surface area contributed by atoms with E-state index in [0.29, 0.717) is 6.42 Å². The Kier molecular flexibility index (Phi) is 2.10. The second-order valence-corrected chi connectivity index (χ2v) is 6.00. The first-order valence-electron chi connectivity index (χ1n) is 4.38. The number of fused-ring (bicyclic) bond motifs is 1. The molecule has 0 saturated heterocycles. The van der Waals surface area contributed by atoms with Crippen LogP contribution in [-0.2, 0) is 18.4 Å². The van der Waals surface area contributed by atoms with E-state index in [9.17, 15) is 9.36 Å². The van der Waals surface area contributed by atoms with Crippen LogP contribution in [0.4, 0.5) is 0 Å². The van der Waals surface area contributed by atoms with E-state index in [0.717, 1.165) is 6.42 Å². The molecule has 74 valence electrons. The van der Waals surface area contributed by atoms with Crippen LogP contribution in [0.3, 0.4) is 0 Å². The lowest BCUT2D eigenvalue weighted by Crippen LogP contribution is -2.06. The summed E-state index contributed by atoms with van der Waals surface area (Å²) in [4.78, 5) is 11.3. The zero-order valence-corrected chi connectivity index (χ0v) is 8.62. The Morgan fingerprint density at radius 2 is 2.00 bits per heavy atom. The summed E-state index contributed by atoms with van der Waals surface area (Å²) in [6, 6.07) is 0. The minimum absolute atomic E-state index is 0.0364. The highest BCUT2D eigenvalue weighted by molar-refractivity contribution is 7.55. The van der Waals surface area contributed by atoms with Crippen molar-refractivity contribution in [3.05, 3.63) is 0 Å². The Morgan fingerprint density at radius 3 is 2.38 bits per heavy atom. The van der Waals surface area contributed by atoms with Crippen molar-refractivity contribution < 1.29 is 18.4 Å². The van der Waals surface area contributed by atoms with Gasteiger partial charge in [0, 0.05) is 26.6 Å². The van der Waals surface area contributed by atoms with Gasteiger partial charge in [0.05, 0.1) is 5.66 Å². The molecule has 0 spiro atoms. The number of ketones is 1. The Balaban J connectivity index is 2.14. The van der Waals surface area contributed by atoms with E-state index in [1.165, 1.54) is 14.2 Å². The Morgan fingerprint density at radius 1 is 1.38 bits per heavy atom. The minimum Gasteiger partial charge on any atom is -0.312 e. The summed E-state index contributed by atoms with van der Waals surface area (Å²) in [7, 11) is -0.222. The molecule has 0 unspecified atom stereocenters. The summed E-state index contributed by atoms with van der Waals surface area (Å²) in [5, 5.41) is 0. The van der Waals surface area contributed by atoms with Gasteiger partial charge in [0.2, 0.25) is 0 Å². The molecule has 2 aliphatic carbocycles. The second kappa shape index (κ2) is 2.91. The maximum absolute atomic E-state index is 11.9. The summed E-state index contributed by atoms with van der Waals surface area (Å²) in [5.74, 6) is 0.452. The summed E-state index contributed by atoms with van der Waals surface area (Å²) in [6.07, 6.45) is 1.49. The van der Waals surface area contributed by atoms with E-state index in [1.807, 2.05) is 0 Å². The molecule has 2 fully saturated rings. The molecule has 0 aromatic rings. The van der Waals surface area contributed by atoms with Gasteiger partial charge in [-0.3, -0.25) is 9.36 Å². The van der Waals surface area contributed by atoms with E-state index in [2.05, 4.69) is 0 Å². The van der Waals surface area contributed by atoms with Gasteiger partial charge in [0.15, 0.2) is 0 Å². The van der Waals surface area contributed by atoms with Crippen LogP contribution < -0.4 is 0 Å². The van der Waals surface area contributed by atoms with E-state index in [1.54, 1.807) is 0 Å². The molecular formula is C8H13O4P. The second-order valence-electron chi connectivity index (χ2n) is 3.59. The van der Waals surface area contributed by atoms with E-state index < -0.39 is 7.60 Å². The van der Waals surface area contributed by atoms with Crippen LogP contribution in [0.25, 0.3) is 0 Å². The molecule has 2 aliphatic rings. The normalized spacial score (nSPS) is 37.7. The van der Waals surface area contributed by atoms with Crippen molar-refractivity contribution in [1.29, 1.82) is 0 Å². The van der Waals surface area contributed by atoms with Crippen molar-refractivity contribution in [2.45, 2.75) is 18.5 Å². The van der Waals surface area contributed by atoms with Crippen LogP contribution in [0.2, 0.25) is 0 Å². The summed E-state index contributed by atoms with van der Waals surface area (Å²) in [5.41, 5.74) is -0.149. The molecule has 0 heterocycles. The van der Waals surface area contributed by atoms with Gasteiger partial charge in [-0.1, -0.05) is 0 Å². The van der Waals surface area contributed by atoms with Crippen LogP contribution in [0.15, 0.2) is 0 Å². The largest absolute Gasteiger partial charge is 0.334 e. The van der Waals surface area contributed by atoms with Gasteiger partial charge in [-0.25, -0.2) is 0 Å². The molecule has 0 aromatic heterocycles. The van der Waals surface area contributed by atoms with Gasteiger partial charge in [-0.05, 0) is 12.3 Å². The van der Waals surface area contributed by atoms with Crippen molar-refractivity contribution in [3.8, 4) is 0 Å². The molecular weight excluding hydrogens is 191 g/mol. The van der Waals surface area contributed by atoms with Crippen molar-refractivity contribution in [2.75, 3.05) is 14.2 Å². The van der Waals surface area contributed by atoms with Gasteiger partial charge in [0.1, 0.15) is 5.78 Å². The highest BCUT2D eigenvalue weighted by Crippen LogP contribution is 2.71. The zero-order chi connectivity index (χ0) is 9.64. The van der Waals surface area contributed by atoms with Crippen LogP contribution in [0.5, 0.6) is 0 Å². The first-order valence-corrected chi connectivity index (χ1v) is 5.99. The number of Topliss-reactive ketones (excluding diaryl/α,β-unsaturated/α-hetero) is 1. The molecule has 4 nitrogen and oxygen atoms in total. The molecule has 0 amide bonds. The molecule has 0 aliphatic heterocycles. The molecule has 0 bridgehead atoms. The molecule has 2 saturated carbocycles. The number of carbonyl (C=O) groups excluding carboxylic acids is 1. The molecule has 0 radical (unpaired) electrons. The molecule has 2 rings (SSSR count). The monoisotopic (exact) mass is 204 g/mol. The van der Waals surface area contributed by atoms with Crippen LogP contribution in [0, 0.1) is 11.8 Å². The van der Waals surface area contributed by atoms with Crippen molar-refractivity contribution in [2.24, 2.45) is 11.8 Å². The number of rotatable bonds is 3. The molecule has 3 atom stereocenters. The molecule has 13 heavy (non-hydrogen) atoms. The third kappa shape index (κ3) is 1.20. The average Bonchev–Trinajstić information content (AvgIpc) is 2.78. The van der Waals surface area contributed by atoms with Crippen LogP contribution in [0.1, 0.15) is 12.8 Å². The average molecular weight is 204 g/mol. The maximum Gasteiger partial charge on any atom is 0.334 e. The quantitative estimate of drug-likeness (QED) is 0.653. The fourth-order valence-electron chi connectivity index (χ4n) is 2.36. The molecule has 0 N–H and O–H groups in total. The van der Waals surface area contributed by atoms with Gasteiger partial charge in [0.25, 0.3) is 0 Å². The lowest BCUT2D eigenvalue weighted by atomic mass is 10.2. The number of hydrogen-bond donors (Lipinski definition) is 0. The third-order valence-corrected chi connectivity index (χ3v) is 5.55. The number of hydrogen-bond acceptors (Lipinski definition) is 4. The summed E-state index contributed by atoms with van der Waals surface area (Å²) < 4.78 is 21.6. The maximum atomic E-state index is 11.9. The predicted molar refractivity (Wildman–Crippen MR) is 46.6 cm³/mol. The number of carbonyl (C=O) groups is 1. The lowest BCUT2D eigenvalue weighted by Gasteiger charge is -2.14. The summed E-state index contributed by atoms with van der Waals surface area (Å²) in [6.45, 7) is 0. The van der Waals surface area contributed by atoms with E-state index >= 15 is 0 Å². The van der Waals surface area contributed by atoms with Crippen molar-refractivity contribution in [1.82, 2.24) is 0 Å². The van der Waals surface area contributed by atoms with Gasteiger partial charge in [-0.2, -0.15) is 0 Å².